The number of nitrogens with one attached hydrogen (secondary N) is 1. The van der Waals surface area contributed by atoms with E-state index >= 15 is 0 Å². The first kappa shape index (κ1) is 24.2. The molecule has 1 saturated carbocycles. The van der Waals surface area contributed by atoms with Gasteiger partial charge in [0.05, 0.1) is 23.9 Å². The number of amides is 3. The van der Waals surface area contributed by atoms with Crippen molar-refractivity contribution in [2.45, 2.75) is 25.1 Å². The molecule has 4 atom stereocenters. The topological polar surface area (TPSA) is 146 Å². The summed E-state index contributed by atoms with van der Waals surface area (Å²) < 4.78 is 20.4. The smallest absolute Gasteiger partial charge is 0.248 e. The van der Waals surface area contributed by atoms with E-state index in [1.807, 2.05) is 6.07 Å². The highest BCUT2D eigenvalue weighted by molar-refractivity contribution is 5.99. The van der Waals surface area contributed by atoms with Crippen LogP contribution in [0.3, 0.4) is 0 Å². The van der Waals surface area contributed by atoms with Gasteiger partial charge in [-0.2, -0.15) is 5.26 Å². The molecule has 4 N–H and O–H groups in total. The van der Waals surface area contributed by atoms with Gasteiger partial charge in [-0.05, 0) is 41.8 Å². The van der Waals surface area contributed by atoms with Crippen LogP contribution >= 0.6 is 0 Å². The van der Waals surface area contributed by atoms with Gasteiger partial charge in [0.15, 0.2) is 6.17 Å². The minimum Gasteiger partial charge on any atom is -0.486 e. The highest BCUT2D eigenvalue weighted by Gasteiger charge is 2.47. The van der Waals surface area contributed by atoms with E-state index in [9.17, 15) is 24.0 Å². The van der Waals surface area contributed by atoms with Crippen LogP contribution in [0.2, 0.25) is 0 Å². The van der Waals surface area contributed by atoms with Crippen LogP contribution in [0.5, 0.6) is 5.75 Å². The number of hydrogen-bond acceptors (Lipinski definition) is 6. The zero-order valence-electron chi connectivity index (χ0n) is 18.8. The van der Waals surface area contributed by atoms with Gasteiger partial charge in [0, 0.05) is 18.7 Å². The first-order chi connectivity index (χ1) is 16.8. The Morgan fingerprint density at radius 2 is 1.97 bits per heavy atom. The molecule has 4 rings (SSSR count). The number of nitriles is 1. The van der Waals surface area contributed by atoms with Crippen LogP contribution in [-0.2, 0) is 14.4 Å². The number of piperidine rings is 1. The molecule has 9 nitrogen and oxygen atoms in total. The number of ether oxygens (including phenoxy) is 1. The first-order valence-corrected chi connectivity index (χ1v) is 11.2. The number of primary amides is 1. The minimum atomic E-state index is -1.45. The number of alkyl halides is 1. The number of nitrogens with two attached hydrogens (primary N) is 1. The summed E-state index contributed by atoms with van der Waals surface area (Å²) in [7, 11) is 0. The predicted molar refractivity (Wildman–Crippen MR) is 124 cm³/mol. The quantitative estimate of drug-likeness (QED) is 0.549. The second kappa shape index (κ2) is 10.1. The maximum absolute atomic E-state index is 14.6. The molecule has 1 saturated heterocycles. The molecule has 2 aromatic carbocycles. The number of anilines is 1. The van der Waals surface area contributed by atoms with E-state index < -0.39 is 42.5 Å². The molecule has 3 amide bonds. The van der Waals surface area contributed by atoms with E-state index in [1.165, 1.54) is 4.90 Å². The van der Waals surface area contributed by atoms with E-state index in [1.54, 1.807) is 36.4 Å². The predicted octanol–water partition coefficient (Wildman–Crippen LogP) is 1.60. The van der Waals surface area contributed by atoms with E-state index in [0.717, 1.165) is 5.56 Å². The van der Waals surface area contributed by atoms with E-state index in [4.69, 9.17) is 15.6 Å². The first-order valence-electron chi connectivity index (χ1n) is 11.2. The molecule has 0 bridgehead atoms. The fourth-order valence-corrected chi connectivity index (χ4v) is 4.22. The Morgan fingerprint density at radius 3 is 2.63 bits per heavy atom. The lowest BCUT2D eigenvalue weighted by Gasteiger charge is -2.34. The number of rotatable bonds is 7. The van der Waals surface area contributed by atoms with Gasteiger partial charge in [-0.1, -0.05) is 18.2 Å². The van der Waals surface area contributed by atoms with Crippen LogP contribution in [0.15, 0.2) is 42.5 Å². The Hall–Kier alpha value is -3.97. The number of benzene rings is 2. The normalized spacial score (nSPS) is 23.2. The summed E-state index contributed by atoms with van der Waals surface area (Å²) in [5.41, 5.74) is 7.46. The molecule has 1 heterocycles. The van der Waals surface area contributed by atoms with Crippen molar-refractivity contribution in [1.29, 1.82) is 5.26 Å². The van der Waals surface area contributed by atoms with Gasteiger partial charge in [0.25, 0.3) is 0 Å². The van der Waals surface area contributed by atoms with E-state index in [2.05, 4.69) is 11.4 Å². The minimum absolute atomic E-state index is 0.177. The van der Waals surface area contributed by atoms with Crippen LogP contribution in [0.4, 0.5) is 10.1 Å². The van der Waals surface area contributed by atoms with Gasteiger partial charge in [-0.25, -0.2) is 4.39 Å². The number of likely N-dealkylation sites (tertiary alicyclic amines) is 1. The van der Waals surface area contributed by atoms with Gasteiger partial charge in [-0.15, -0.1) is 0 Å². The molecule has 0 radical (unpaired) electrons. The average Bonchev–Trinajstić information content (AvgIpc) is 3.67. The maximum atomic E-state index is 14.6. The number of hydrogen-bond donors (Lipinski definition) is 3. The van der Waals surface area contributed by atoms with E-state index in [0.29, 0.717) is 17.7 Å². The lowest BCUT2D eigenvalue weighted by Crippen LogP contribution is -2.50. The van der Waals surface area contributed by atoms with Crippen LogP contribution in [0.25, 0.3) is 11.1 Å². The number of halogens is 1. The zero-order valence-corrected chi connectivity index (χ0v) is 18.8. The molecule has 0 aromatic heterocycles. The molecule has 1 aliphatic carbocycles. The average molecular weight is 480 g/mol. The summed E-state index contributed by atoms with van der Waals surface area (Å²) in [6.07, 6.45) is -1.59. The molecular formula is C25H25FN4O5. The number of aliphatic hydroxyl groups excluding tert-OH is 1. The fraction of sp³-hybridized carbons (Fsp3) is 0.360. The van der Waals surface area contributed by atoms with Gasteiger partial charge >= 0.3 is 0 Å². The molecular weight excluding hydrogens is 455 g/mol. The highest BCUT2D eigenvalue weighted by atomic mass is 19.1. The lowest BCUT2D eigenvalue weighted by atomic mass is 10.0. The van der Waals surface area contributed by atoms with Crippen LogP contribution in [0, 0.1) is 23.2 Å². The Kier molecular flexibility index (Phi) is 6.98. The van der Waals surface area contributed by atoms with Gasteiger partial charge < -0.3 is 25.8 Å². The summed E-state index contributed by atoms with van der Waals surface area (Å²) in [5, 5.41) is 21.4. The summed E-state index contributed by atoms with van der Waals surface area (Å²) in [4.78, 5) is 36.4. The third kappa shape index (κ3) is 5.41. The Morgan fingerprint density at radius 1 is 1.20 bits per heavy atom. The number of carbonyl (C=O) groups excluding carboxylic acids is 3. The molecule has 182 valence electrons. The zero-order chi connectivity index (χ0) is 25.1. The SMILES string of the molecule is N#Cc1cc(-c2cccc(NC(=O)[C@@H]3C[C@@H]3C(N)=O)c2)ccc1O[C@H]1CCN(C(=O)CO)C[C@H]1F. The Bertz CT molecular complexity index is 1200. The van der Waals surface area contributed by atoms with Crippen molar-refractivity contribution in [3.05, 3.63) is 48.0 Å². The summed E-state index contributed by atoms with van der Waals surface area (Å²) >= 11 is 0. The third-order valence-electron chi connectivity index (χ3n) is 6.30. The van der Waals surface area contributed by atoms with E-state index in [-0.39, 0.29) is 36.7 Å². The van der Waals surface area contributed by atoms with Crippen molar-refractivity contribution in [3.63, 3.8) is 0 Å². The van der Waals surface area contributed by atoms with Crippen LogP contribution < -0.4 is 15.8 Å². The second-order valence-electron chi connectivity index (χ2n) is 8.70. The summed E-state index contributed by atoms with van der Waals surface area (Å²) in [6, 6.07) is 14.1. The monoisotopic (exact) mass is 480 g/mol. The molecule has 1 aliphatic heterocycles. The molecule has 10 heteroatoms. The van der Waals surface area contributed by atoms with Gasteiger partial charge in [0.2, 0.25) is 17.7 Å². The van der Waals surface area contributed by atoms with Crippen LogP contribution in [-0.4, -0.2) is 59.7 Å². The third-order valence-corrected chi connectivity index (χ3v) is 6.30. The van der Waals surface area contributed by atoms with Crippen molar-refractivity contribution < 1.29 is 28.6 Å². The van der Waals surface area contributed by atoms with Crippen molar-refractivity contribution in [1.82, 2.24) is 4.90 Å². The molecule has 35 heavy (non-hydrogen) atoms. The molecule has 2 aliphatic rings. The van der Waals surface area contributed by atoms with Gasteiger partial charge in [-0.3, -0.25) is 14.4 Å². The van der Waals surface area contributed by atoms with Gasteiger partial charge in [0.1, 0.15) is 24.5 Å². The number of aliphatic hydroxyl groups is 1. The number of carbonyl (C=O) groups is 3. The Labute approximate surface area is 201 Å². The standard InChI is InChI=1S/C25H25FN4O5/c26-20-12-30(23(32)13-31)7-6-22(20)35-21-5-4-15(8-16(21)11-27)14-2-1-3-17(9-14)29-25(34)19-10-18(19)24(28)33/h1-5,8-9,18-20,22,31H,6-7,10,12-13H2,(H2,28,33)(H,29,34)/t18-,19+,20+,22-/m0/s1. The van der Waals surface area contributed by atoms with Crippen molar-refractivity contribution in [2.75, 3.05) is 25.0 Å². The van der Waals surface area contributed by atoms with Crippen molar-refractivity contribution in [3.8, 4) is 22.9 Å². The fourth-order valence-electron chi connectivity index (χ4n) is 4.22. The molecule has 2 aromatic rings. The number of nitrogens with zero attached hydrogens (tertiary/aromatic N) is 2. The Balaban J connectivity index is 1.45. The van der Waals surface area contributed by atoms with Crippen molar-refractivity contribution >= 4 is 23.4 Å². The molecule has 2 fully saturated rings. The summed E-state index contributed by atoms with van der Waals surface area (Å²) in [6.45, 7) is -0.592. The van der Waals surface area contributed by atoms with Crippen molar-refractivity contribution in [2.24, 2.45) is 17.6 Å². The van der Waals surface area contributed by atoms with Crippen LogP contribution in [0.1, 0.15) is 18.4 Å². The summed E-state index contributed by atoms with van der Waals surface area (Å²) in [5.74, 6) is -1.87. The largest absolute Gasteiger partial charge is 0.486 e. The molecule has 0 spiro atoms. The highest BCUT2D eigenvalue weighted by Crippen LogP contribution is 2.39. The second-order valence-corrected chi connectivity index (χ2v) is 8.70. The molecule has 0 unspecified atom stereocenters. The lowest BCUT2D eigenvalue weighted by molar-refractivity contribution is -0.138. The maximum Gasteiger partial charge on any atom is 0.248 e.